The Balaban J connectivity index is 1.25. The van der Waals surface area contributed by atoms with E-state index in [2.05, 4.69) is 0 Å². The molecule has 1 fully saturated rings. The highest BCUT2D eigenvalue weighted by Crippen LogP contribution is 2.69. The second kappa shape index (κ2) is 9.38. The number of anilines is 1. The van der Waals surface area contributed by atoms with Crippen LogP contribution in [0.15, 0.2) is 103 Å². The summed E-state index contributed by atoms with van der Waals surface area (Å²) in [6, 6.07) is 29.4. The maximum Gasteiger partial charge on any atom is 0.338 e. The molecular weight excluding hydrogens is 573 g/mol. The molecule has 0 saturated carbocycles. The fraction of sp³-hybridized carbons (Fsp3) is 0.176. The average molecular weight is 596 g/mol. The molecule has 6 nitrogen and oxygen atoms in total. The van der Waals surface area contributed by atoms with Gasteiger partial charge in [0, 0.05) is 5.56 Å². The lowest BCUT2D eigenvalue weighted by molar-refractivity contribution is -0.122. The van der Waals surface area contributed by atoms with Gasteiger partial charge in [0.05, 0.1) is 23.1 Å². The van der Waals surface area contributed by atoms with Gasteiger partial charge in [0.15, 0.2) is 6.10 Å². The molecule has 1 saturated heterocycles. The minimum Gasteiger partial charge on any atom is -0.451 e. The Labute approximate surface area is 251 Å². The van der Waals surface area contributed by atoms with E-state index in [-0.39, 0.29) is 17.0 Å². The van der Waals surface area contributed by atoms with Crippen molar-refractivity contribution in [3.05, 3.63) is 137 Å². The number of halogens is 2. The summed E-state index contributed by atoms with van der Waals surface area (Å²) in [5.74, 6) is -4.02. The third-order valence-electron chi connectivity index (χ3n) is 8.64. The number of ketones is 1. The predicted octanol–water partition coefficient (Wildman–Crippen LogP) is 6.21. The van der Waals surface area contributed by atoms with Gasteiger partial charge in [-0.3, -0.25) is 14.4 Å². The molecule has 2 amide bonds. The molecule has 0 unspecified atom stereocenters. The van der Waals surface area contributed by atoms with Crippen molar-refractivity contribution in [3.8, 4) is 0 Å². The van der Waals surface area contributed by atoms with Crippen molar-refractivity contribution in [1.29, 1.82) is 0 Å². The van der Waals surface area contributed by atoms with Gasteiger partial charge in [0.1, 0.15) is 9.75 Å². The highest BCUT2D eigenvalue weighted by Gasteiger charge is 2.73. The lowest BCUT2D eigenvalue weighted by Crippen LogP contribution is -2.57. The number of Topliss-reactive ketones (excluding diaryl/α,β-unsaturated/α-hetero) is 1. The van der Waals surface area contributed by atoms with Crippen LogP contribution in [0.1, 0.15) is 49.9 Å². The van der Waals surface area contributed by atoms with E-state index in [0.29, 0.717) is 27.8 Å². The average Bonchev–Trinajstić information content (AvgIpc) is 3.30. The summed E-state index contributed by atoms with van der Waals surface area (Å²) in [5, 5.41) is 0. The smallest absolute Gasteiger partial charge is 0.338 e. The van der Waals surface area contributed by atoms with Gasteiger partial charge in [0.2, 0.25) is 17.6 Å². The number of esters is 1. The molecule has 4 aromatic rings. The number of benzene rings is 4. The summed E-state index contributed by atoms with van der Waals surface area (Å²) in [6.45, 7) is 1.50. The van der Waals surface area contributed by atoms with E-state index >= 15 is 0 Å². The van der Waals surface area contributed by atoms with Gasteiger partial charge in [0.25, 0.3) is 0 Å². The van der Waals surface area contributed by atoms with E-state index in [1.807, 2.05) is 48.5 Å². The monoisotopic (exact) mass is 595 g/mol. The Morgan fingerprint density at radius 1 is 0.690 bits per heavy atom. The second-order valence-electron chi connectivity index (χ2n) is 10.8. The molecular formula is C34H23Cl2NO5. The maximum absolute atomic E-state index is 14.2. The molecule has 0 spiro atoms. The van der Waals surface area contributed by atoms with Crippen molar-refractivity contribution in [2.24, 2.45) is 11.8 Å². The fourth-order valence-electron chi connectivity index (χ4n) is 6.81. The van der Waals surface area contributed by atoms with E-state index in [1.165, 1.54) is 19.1 Å². The Hall–Kier alpha value is -4.26. The van der Waals surface area contributed by atoms with Crippen molar-refractivity contribution in [2.75, 3.05) is 4.90 Å². The lowest BCUT2D eigenvalue weighted by atomic mass is 9.54. The van der Waals surface area contributed by atoms with Crippen molar-refractivity contribution < 1.29 is 23.9 Å². The highest BCUT2D eigenvalue weighted by atomic mass is 35.5. The molecule has 2 bridgehead atoms. The molecule has 42 heavy (non-hydrogen) atoms. The molecule has 3 atom stereocenters. The molecule has 0 aromatic heterocycles. The number of carbonyl (C=O) groups is 4. The Bertz CT molecular complexity index is 1700. The Morgan fingerprint density at radius 2 is 1.14 bits per heavy atom. The molecule has 8 rings (SSSR count). The number of alkyl halides is 2. The quantitative estimate of drug-likeness (QED) is 0.118. The topological polar surface area (TPSA) is 80.8 Å². The van der Waals surface area contributed by atoms with E-state index in [9.17, 15) is 19.2 Å². The van der Waals surface area contributed by atoms with Gasteiger partial charge < -0.3 is 4.74 Å². The van der Waals surface area contributed by atoms with Crippen molar-refractivity contribution in [3.63, 3.8) is 0 Å². The zero-order valence-corrected chi connectivity index (χ0v) is 23.8. The largest absolute Gasteiger partial charge is 0.451 e. The number of nitrogens with zero attached hydrogens (tertiary/aromatic N) is 1. The molecule has 0 N–H and O–H groups in total. The highest BCUT2D eigenvalue weighted by molar-refractivity contribution is 6.38. The van der Waals surface area contributed by atoms with Crippen molar-refractivity contribution >= 4 is 52.5 Å². The number of imide groups is 1. The number of carbonyl (C=O) groups excluding carboxylic acids is 4. The van der Waals surface area contributed by atoms with Gasteiger partial charge in [-0.1, -0.05) is 84.9 Å². The zero-order valence-electron chi connectivity index (χ0n) is 22.3. The molecule has 1 aliphatic heterocycles. The van der Waals surface area contributed by atoms with Crippen LogP contribution in [-0.4, -0.2) is 29.7 Å². The van der Waals surface area contributed by atoms with E-state index in [0.717, 1.165) is 4.90 Å². The van der Waals surface area contributed by atoms with Gasteiger partial charge in [-0.2, -0.15) is 0 Å². The predicted molar refractivity (Wildman–Crippen MR) is 158 cm³/mol. The zero-order chi connectivity index (χ0) is 29.4. The SMILES string of the molecule is C[C@H](OC(=O)c1cccc(N2C(=O)[C@@H]3[C@H](C2=O)C2(Cl)c4ccccc4C3(Cl)c3ccccc32)c1)C(=O)c1ccccc1. The molecule has 4 aliphatic rings. The maximum atomic E-state index is 14.2. The first-order chi connectivity index (χ1) is 20.2. The molecule has 1 heterocycles. The first-order valence-corrected chi connectivity index (χ1v) is 14.3. The van der Waals surface area contributed by atoms with Crippen LogP contribution in [-0.2, 0) is 24.1 Å². The van der Waals surface area contributed by atoms with Gasteiger partial charge >= 0.3 is 5.97 Å². The van der Waals surface area contributed by atoms with Gasteiger partial charge in [-0.25, -0.2) is 9.69 Å². The second-order valence-corrected chi connectivity index (χ2v) is 12.0. The van der Waals surface area contributed by atoms with Crippen molar-refractivity contribution in [1.82, 2.24) is 0 Å². The summed E-state index contributed by atoms with van der Waals surface area (Å²) >= 11 is 15.0. The summed E-state index contributed by atoms with van der Waals surface area (Å²) in [4.78, 5) is 52.7. The van der Waals surface area contributed by atoms with Gasteiger partial charge in [-0.05, 0) is 47.4 Å². The van der Waals surface area contributed by atoms with Crippen LogP contribution in [0.4, 0.5) is 5.69 Å². The Morgan fingerprint density at radius 3 is 1.64 bits per heavy atom. The third-order valence-corrected chi connectivity index (χ3v) is 9.92. The van der Waals surface area contributed by atoms with Crippen LogP contribution in [0.25, 0.3) is 0 Å². The minimum atomic E-state index is -1.31. The summed E-state index contributed by atoms with van der Waals surface area (Å²) in [7, 11) is 0. The number of ether oxygens (including phenoxy) is 1. The first-order valence-electron chi connectivity index (χ1n) is 13.5. The summed E-state index contributed by atoms with van der Waals surface area (Å²) in [5.41, 5.74) is 3.54. The van der Waals surface area contributed by atoms with Crippen molar-refractivity contribution in [2.45, 2.75) is 22.8 Å². The summed E-state index contributed by atoms with van der Waals surface area (Å²) in [6.07, 6.45) is -1.04. The lowest BCUT2D eigenvalue weighted by Gasteiger charge is -2.54. The van der Waals surface area contributed by atoms with E-state index in [1.54, 1.807) is 42.5 Å². The van der Waals surface area contributed by atoms with Crippen LogP contribution in [0.2, 0.25) is 0 Å². The normalized spacial score (nSPS) is 25.8. The molecule has 3 aliphatic carbocycles. The standard InChI is InChI=1S/C34H23Cl2NO5/c1-19(29(38)20-10-3-2-4-11-20)42-32(41)21-12-9-13-22(18-21)37-30(39)27-28(31(37)40)34(36)24-15-6-5-14-23(24)33(27,35)25-16-7-8-17-26(25)34/h2-19,27-28H,1H3/t19-,27-,28+,33?,34?/m0/s1. The number of amides is 2. The summed E-state index contributed by atoms with van der Waals surface area (Å²) < 4.78 is 5.46. The van der Waals surface area contributed by atoms with Gasteiger partial charge in [-0.15, -0.1) is 23.2 Å². The van der Waals surface area contributed by atoms with Crippen LogP contribution < -0.4 is 4.90 Å². The number of hydrogen-bond acceptors (Lipinski definition) is 5. The number of rotatable bonds is 5. The van der Waals surface area contributed by atoms with Crippen LogP contribution in [0.3, 0.4) is 0 Å². The third kappa shape index (κ3) is 3.45. The first kappa shape index (κ1) is 26.6. The van der Waals surface area contributed by atoms with Crippen LogP contribution in [0, 0.1) is 11.8 Å². The molecule has 0 radical (unpaired) electrons. The Kier molecular flexibility index (Phi) is 5.95. The fourth-order valence-corrected chi connectivity index (χ4v) is 7.91. The molecule has 4 aromatic carbocycles. The van der Waals surface area contributed by atoms with E-state index in [4.69, 9.17) is 27.9 Å². The molecule has 208 valence electrons. The minimum absolute atomic E-state index is 0.0893. The number of hydrogen-bond donors (Lipinski definition) is 0. The van der Waals surface area contributed by atoms with Crippen LogP contribution in [0.5, 0.6) is 0 Å². The molecule has 8 heteroatoms. The van der Waals surface area contributed by atoms with E-state index < -0.39 is 45.5 Å². The van der Waals surface area contributed by atoms with Crippen LogP contribution >= 0.6 is 23.2 Å².